The van der Waals surface area contributed by atoms with Crippen LogP contribution in [-0.2, 0) is 6.42 Å². The number of nitrogens with one attached hydrogen (secondary N) is 2. The highest BCUT2D eigenvalue weighted by Crippen LogP contribution is 2.29. The molecule has 1 aromatic rings. The number of rotatable bonds is 7. The minimum Gasteiger partial charge on any atom is -0.497 e. The van der Waals surface area contributed by atoms with Gasteiger partial charge in [0.05, 0.1) is 7.11 Å². The average molecular weight is 507 g/mol. The fourth-order valence-corrected chi connectivity index (χ4v) is 3.77. The van der Waals surface area contributed by atoms with Crippen molar-refractivity contribution in [2.45, 2.75) is 51.1 Å². The van der Waals surface area contributed by atoms with E-state index in [1.54, 1.807) is 7.11 Å². The van der Waals surface area contributed by atoms with Crippen LogP contribution >= 0.6 is 35.6 Å². The van der Waals surface area contributed by atoms with E-state index in [9.17, 15) is 0 Å². The zero-order chi connectivity index (χ0) is 18.4. The highest BCUT2D eigenvalue weighted by molar-refractivity contribution is 14.0. The van der Waals surface area contributed by atoms with Crippen molar-refractivity contribution in [1.82, 2.24) is 15.5 Å². The number of methoxy groups -OCH3 is 1. The summed E-state index contributed by atoms with van der Waals surface area (Å²) < 4.78 is 5.20. The molecule has 0 amide bonds. The van der Waals surface area contributed by atoms with Crippen molar-refractivity contribution in [3.8, 4) is 5.75 Å². The van der Waals surface area contributed by atoms with Gasteiger partial charge >= 0.3 is 0 Å². The number of ether oxygens (including phenoxy) is 1. The van der Waals surface area contributed by atoms with Gasteiger partial charge < -0.3 is 20.3 Å². The number of aliphatic imine (C=N–C) groups is 1. The van der Waals surface area contributed by atoms with E-state index in [1.807, 2.05) is 18.2 Å². The molecule has 0 atom stereocenters. The fraction of sp³-hybridized carbons (Fsp3) is 0.650. The Hall–Kier alpha value is -0.730. The maximum atomic E-state index is 6.32. The lowest BCUT2D eigenvalue weighted by molar-refractivity contribution is 0.197. The lowest BCUT2D eigenvalue weighted by Crippen LogP contribution is -2.49. The van der Waals surface area contributed by atoms with Crippen LogP contribution in [0.5, 0.6) is 5.75 Å². The van der Waals surface area contributed by atoms with Gasteiger partial charge in [-0.15, -0.1) is 24.0 Å². The molecule has 152 valence electrons. The Balaban J connectivity index is 0.00000261. The summed E-state index contributed by atoms with van der Waals surface area (Å²) in [5.41, 5.74) is 1.10. The third kappa shape index (κ3) is 6.98. The summed E-state index contributed by atoms with van der Waals surface area (Å²) in [7, 11) is 1.65. The smallest absolute Gasteiger partial charge is 0.191 e. The number of hydrogen-bond acceptors (Lipinski definition) is 3. The van der Waals surface area contributed by atoms with Crippen LogP contribution in [0.1, 0.15) is 38.2 Å². The first-order valence-corrected chi connectivity index (χ1v) is 10.2. The second-order valence-electron chi connectivity index (χ2n) is 7.15. The SMILES string of the molecule is CCNC(=NCCc1ccc(OC)cc1Cl)NC1CCN(C2CC2)CC1.I. The minimum absolute atomic E-state index is 0. The van der Waals surface area contributed by atoms with Crippen LogP contribution in [0.3, 0.4) is 0 Å². The van der Waals surface area contributed by atoms with E-state index < -0.39 is 0 Å². The predicted octanol–water partition coefficient (Wildman–Crippen LogP) is 3.69. The van der Waals surface area contributed by atoms with Crippen molar-refractivity contribution >= 4 is 41.5 Å². The molecular formula is C20H32ClIN4O. The Morgan fingerprint density at radius 2 is 2.00 bits per heavy atom. The molecule has 2 aliphatic rings. The summed E-state index contributed by atoms with van der Waals surface area (Å²) in [6.07, 6.45) is 6.02. The molecule has 3 rings (SSSR count). The van der Waals surface area contributed by atoms with Crippen molar-refractivity contribution in [3.05, 3.63) is 28.8 Å². The Morgan fingerprint density at radius 3 is 2.59 bits per heavy atom. The standard InChI is InChI=1S/C20H31ClN4O.HI/c1-3-22-20(24-16-9-12-25(13-10-16)17-5-6-17)23-11-8-15-4-7-18(26-2)14-19(15)21;/h4,7,14,16-17H,3,5-6,8-13H2,1-2H3,(H2,22,23,24);1H. The van der Waals surface area contributed by atoms with Gasteiger partial charge in [0.1, 0.15) is 5.75 Å². The zero-order valence-electron chi connectivity index (χ0n) is 16.3. The van der Waals surface area contributed by atoms with E-state index in [0.29, 0.717) is 12.6 Å². The molecule has 0 radical (unpaired) electrons. The number of nitrogens with zero attached hydrogens (tertiary/aromatic N) is 2. The van der Waals surface area contributed by atoms with Gasteiger partial charge in [-0.2, -0.15) is 0 Å². The third-order valence-electron chi connectivity index (χ3n) is 5.19. The van der Waals surface area contributed by atoms with Crippen molar-refractivity contribution < 1.29 is 4.74 Å². The molecule has 0 unspecified atom stereocenters. The molecule has 0 spiro atoms. The first kappa shape index (κ1) is 22.6. The van der Waals surface area contributed by atoms with Gasteiger partial charge in [-0.3, -0.25) is 4.99 Å². The van der Waals surface area contributed by atoms with Gasteiger partial charge in [-0.05, 0) is 56.7 Å². The minimum atomic E-state index is 0. The summed E-state index contributed by atoms with van der Waals surface area (Å²) in [6, 6.07) is 7.23. The quantitative estimate of drug-likeness (QED) is 0.336. The first-order valence-electron chi connectivity index (χ1n) is 9.81. The fourth-order valence-electron chi connectivity index (χ4n) is 3.51. The molecule has 1 heterocycles. The van der Waals surface area contributed by atoms with Crippen LogP contribution in [0, 0.1) is 0 Å². The average Bonchev–Trinajstić information content (AvgIpc) is 3.49. The van der Waals surface area contributed by atoms with E-state index in [2.05, 4.69) is 22.5 Å². The molecular weight excluding hydrogens is 475 g/mol. The molecule has 1 aromatic carbocycles. The van der Waals surface area contributed by atoms with Gasteiger partial charge in [0.2, 0.25) is 0 Å². The van der Waals surface area contributed by atoms with Crippen LogP contribution in [0.15, 0.2) is 23.2 Å². The maximum Gasteiger partial charge on any atom is 0.191 e. The molecule has 0 bridgehead atoms. The normalized spacial score (nSPS) is 18.7. The van der Waals surface area contributed by atoms with Crippen LogP contribution in [-0.4, -0.2) is 56.2 Å². The molecule has 1 saturated heterocycles. The van der Waals surface area contributed by atoms with E-state index in [0.717, 1.165) is 41.3 Å². The van der Waals surface area contributed by atoms with Gasteiger partial charge in [0.25, 0.3) is 0 Å². The van der Waals surface area contributed by atoms with Gasteiger partial charge in [-0.1, -0.05) is 17.7 Å². The second-order valence-corrected chi connectivity index (χ2v) is 7.56. The number of halogens is 2. The Kier molecular flexibility index (Phi) is 9.45. The van der Waals surface area contributed by atoms with Crippen molar-refractivity contribution in [1.29, 1.82) is 0 Å². The maximum absolute atomic E-state index is 6.32. The molecule has 1 aliphatic carbocycles. The first-order chi connectivity index (χ1) is 12.7. The Morgan fingerprint density at radius 1 is 1.26 bits per heavy atom. The van der Waals surface area contributed by atoms with Crippen molar-refractivity contribution in [2.75, 3.05) is 33.3 Å². The molecule has 7 heteroatoms. The molecule has 2 fully saturated rings. The molecule has 5 nitrogen and oxygen atoms in total. The number of guanidine groups is 1. The second kappa shape index (κ2) is 11.3. The van der Waals surface area contributed by atoms with Crippen LogP contribution in [0.2, 0.25) is 5.02 Å². The molecule has 27 heavy (non-hydrogen) atoms. The summed E-state index contributed by atoms with van der Waals surface area (Å²) in [6.45, 7) is 6.11. The van der Waals surface area contributed by atoms with Gasteiger partial charge in [-0.25, -0.2) is 0 Å². The molecule has 1 saturated carbocycles. The molecule has 1 aliphatic heterocycles. The van der Waals surface area contributed by atoms with Gasteiger partial charge in [0, 0.05) is 43.3 Å². The largest absolute Gasteiger partial charge is 0.497 e. The summed E-state index contributed by atoms with van der Waals surface area (Å²) in [4.78, 5) is 7.39. The zero-order valence-corrected chi connectivity index (χ0v) is 19.4. The highest BCUT2D eigenvalue weighted by Gasteiger charge is 2.31. The number of hydrogen-bond donors (Lipinski definition) is 2. The molecule has 0 aromatic heterocycles. The monoisotopic (exact) mass is 506 g/mol. The topological polar surface area (TPSA) is 48.9 Å². The lowest BCUT2D eigenvalue weighted by Gasteiger charge is -2.33. The van der Waals surface area contributed by atoms with E-state index in [1.165, 1.54) is 38.8 Å². The van der Waals surface area contributed by atoms with E-state index >= 15 is 0 Å². The number of piperidine rings is 1. The van der Waals surface area contributed by atoms with E-state index in [4.69, 9.17) is 21.3 Å². The summed E-state index contributed by atoms with van der Waals surface area (Å²) in [5, 5.41) is 7.72. The predicted molar refractivity (Wildman–Crippen MR) is 124 cm³/mol. The lowest BCUT2D eigenvalue weighted by atomic mass is 10.1. The van der Waals surface area contributed by atoms with Crippen molar-refractivity contribution in [2.24, 2.45) is 4.99 Å². The third-order valence-corrected chi connectivity index (χ3v) is 5.54. The number of benzene rings is 1. The van der Waals surface area contributed by atoms with Crippen LogP contribution in [0.25, 0.3) is 0 Å². The van der Waals surface area contributed by atoms with Crippen LogP contribution in [0.4, 0.5) is 0 Å². The summed E-state index contributed by atoms with van der Waals surface area (Å²) >= 11 is 6.32. The highest BCUT2D eigenvalue weighted by atomic mass is 127. The molecule has 2 N–H and O–H groups in total. The van der Waals surface area contributed by atoms with Gasteiger partial charge in [0.15, 0.2) is 5.96 Å². The Labute approximate surface area is 185 Å². The Bertz CT molecular complexity index is 616. The van der Waals surface area contributed by atoms with Crippen LogP contribution < -0.4 is 15.4 Å². The summed E-state index contributed by atoms with van der Waals surface area (Å²) in [5.74, 6) is 1.71. The van der Waals surface area contributed by atoms with E-state index in [-0.39, 0.29) is 24.0 Å². The van der Waals surface area contributed by atoms with Crippen molar-refractivity contribution in [3.63, 3.8) is 0 Å². The number of likely N-dealkylation sites (tertiary alicyclic amines) is 1.